The van der Waals surface area contributed by atoms with Gasteiger partial charge in [0.05, 0.1) is 12.4 Å². The lowest BCUT2D eigenvalue weighted by molar-refractivity contribution is 0.0917. The highest BCUT2D eigenvalue weighted by atomic mass is 16.1. The van der Waals surface area contributed by atoms with Crippen LogP contribution in [0.25, 0.3) is 0 Å². The first-order chi connectivity index (χ1) is 8.69. The van der Waals surface area contributed by atoms with Crippen LogP contribution in [-0.4, -0.2) is 21.9 Å². The minimum Gasteiger partial charge on any atom is -0.348 e. The van der Waals surface area contributed by atoms with Gasteiger partial charge >= 0.3 is 0 Å². The van der Waals surface area contributed by atoms with Crippen molar-refractivity contribution in [1.82, 2.24) is 15.3 Å². The van der Waals surface area contributed by atoms with E-state index in [0.717, 1.165) is 18.8 Å². The molecular formula is C12H19N5O. The molecule has 0 aromatic carbocycles. The van der Waals surface area contributed by atoms with Crippen LogP contribution in [-0.2, 0) is 0 Å². The summed E-state index contributed by atoms with van der Waals surface area (Å²) in [7, 11) is 0. The Kier molecular flexibility index (Phi) is 4.09. The number of carbonyl (C=O) groups is 1. The van der Waals surface area contributed by atoms with Crippen molar-refractivity contribution in [1.29, 1.82) is 0 Å². The van der Waals surface area contributed by atoms with Crippen molar-refractivity contribution >= 4 is 11.7 Å². The first-order valence-electron chi connectivity index (χ1n) is 6.28. The molecule has 6 nitrogen and oxygen atoms in total. The Bertz CT molecular complexity index is 397. The van der Waals surface area contributed by atoms with E-state index in [9.17, 15) is 4.79 Å². The van der Waals surface area contributed by atoms with Crippen LogP contribution in [0.15, 0.2) is 12.4 Å². The predicted octanol–water partition coefficient (Wildman–Crippen LogP) is 1.07. The van der Waals surface area contributed by atoms with Crippen molar-refractivity contribution in [3.8, 4) is 0 Å². The fraction of sp³-hybridized carbons (Fsp3) is 0.583. The Morgan fingerprint density at radius 2 is 2.00 bits per heavy atom. The fourth-order valence-electron chi connectivity index (χ4n) is 2.18. The zero-order valence-corrected chi connectivity index (χ0v) is 10.5. The van der Waals surface area contributed by atoms with Gasteiger partial charge in [-0.15, -0.1) is 0 Å². The molecular weight excluding hydrogens is 230 g/mol. The van der Waals surface area contributed by atoms with Crippen LogP contribution in [0.5, 0.6) is 0 Å². The van der Waals surface area contributed by atoms with Gasteiger partial charge in [0.25, 0.3) is 5.91 Å². The van der Waals surface area contributed by atoms with Gasteiger partial charge in [-0.05, 0) is 31.6 Å². The molecule has 0 saturated heterocycles. The summed E-state index contributed by atoms with van der Waals surface area (Å²) in [5.74, 6) is 6.24. The van der Waals surface area contributed by atoms with Gasteiger partial charge in [-0.25, -0.2) is 15.8 Å². The molecule has 0 spiro atoms. The van der Waals surface area contributed by atoms with Crippen LogP contribution >= 0.6 is 0 Å². The van der Waals surface area contributed by atoms with E-state index in [1.54, 1.807) is 0 Å². The molecule has 1 amide bonds. The van der Waals surface area contributed by atoms with Crippen molar-refractivity contribution in [3.63, 3.8) is 0 Å². The van der Waals surface area contributed by atoms with Crippen molar-refractivity contribution in [2.24, 2.45) is 11.8 Å². The van der Waals surface area contributed by atoms with Gasteiger partial charge in [0.1, 0.15) is 5.69 Å². The van der Waals surface area contributed by atoms with Gasteiger partial charge in [-0.1, -0.05) is 6.92 Å². The maximum atomic E-state index is 11.9. The molecule has 1 aliphatic carbocycles. The van der Waals surface area contributed by atoms with Gasteiger partial charge in [-0.3, -0.25) is 4.79 Å². The third kappa shape index (κ3) is 3.16. The zero-order valence-electron chi connectivity index (χ0n) is 10.5. The first-order valence-corrected chi connectivity index (χ1v) is 6.28. The monoisotopic (exact) mass is 249 g/mol. The zero-order chi connectivity index (χ0) is 13.0. The topological polar surface area (TPSA) is 92.9 Å². The third-order valence-corrected chi connectivity index (χ3v) is 3.38. The molecule has 2 rings (SSSR count). The van der Waals surface area contributed by atoms with Crippen molar-refractivity contribution in [2.75, 3.05) is 5.43 Å². The minimum absolute atomic E-state index is 0.161. The molecule has 0 bridgehead atoms. The minimum atomic E-state index is -0.161. The summed E-state index contributed by atoms with van der Waals surface area (Å²) < 4.78 is 0. The third-order valence-electron chi connectivity index (χ3n) is 3.38. The molecule has 1 aromatic rings. The number of nitrogen functional groups attached to an aromatic ring is 1. The van der Waals surface area contributed by atoms with E-state index >= 15 is 0 Å². The molecule has 1 heterocycles. The number of nitrogens with one attached hydrogen (secondary N) is 2. The number of rotatable bonds is 3. The molecule has 6 heteroatoms. The molecule has 1 saturated carbocycles. The van der Waals surface area contributed by atoms with Crippen molar-refractivity contribution < 1.29 is 4.79 Å². The molecule has 0 radical (unpaired) electrons. The second-order valence-electron chi connectivity index (χ2n) is 4.86. The fourth-order valence-corrected chi connectivity index (χ4v) is 2.18. The second kappa shape index (κ2) is 5.77. The maximum absolute atomic E-state index is 11.9. The number of anilines is 1. The lowest BCUT2D eigenvalue weighted by Crippen LogP contribution is -2.37. The number of hydrogen-bond acceptors (Lipinski definition) is 5. The summed E-state index contributed by atoms with van der Waals surface area (Å²) >= 11 is 0. The SMILES string of the molecule is CC1CCC(NC(=O)c2cnc(NN)cn2)CC1. The highest BCUT2D eigenvalue weighted by Gasteiger charge is 2.20. The van der Waals surface area contributed by atoms with Crippen molar-refractivity contribution in [3.05, 3.63) is 18.1 Å². The molecule has 0 aliphatic heterocycles. The van der Waals surface area contributed by atoms with E-state index in [-0.39, 0.29) is 11.9 Å². The summed E-state index contributed by atoms with van der Waals surface area (Å²) in [5.41, 5.74) is 2.70. The molecule has 1 aliphatic rings. The van der Waals surface area contributed by atoms with Crippen molar-refractivity contribution in [2.45, 2.75) is 38.6 Å². The van der Waals surface area contributed by atoms with Gasteiger partial charge in [0, 0.05) is 6.04 Å². The number of nitrogens with zero attached hydrogens (tertiary/aromatic N) is 2. The Hall–Kier alpha value is -1.69. The highest BCUT2D eigenvalue weighted by Crippen LogP contribution is 2.23. The normalized spacial score (nSPS) is 23.4. The van der Waals surface area contributed by atoms with E-state index in [1.165, 1.54) is 25.2 Å². The maximum Gasteiger partial charge on any atom is 0.271 e. The highest BCUT2D eigenvalue weighted by molar-refractivity contribution is 5.92. The predicted molar refractivity (Wildman–Crippen MR) is 68.7 cm³/mol. The first kappa shape index (κ1) is 12.8. The van der Waals surface area contributed by atoms with Gasteiger partial charge in [0.15, 0.2) is 5.82 Å². The summed E-state index contributed by atoms with van der Waals surface area (Å²) in [6, 6.07) is 0.266. The summed E-state index contributed by atoms with van der Waals surface area (Å²) in [6.45, 7) is 2.25. The average molecular weight is 249 g/mol. The smallest absolute Gasteiger partial charge is 0.271 e. The van der Waals surface area contributed by atoms with Gasteiger partial charge in [0.2, 0.25) is 0 Å². The van der Waals surface area contributed by atoms with E-state index < -0.39 is 0 Å². The lowest BCUT2D eigenvalue weighted by atomic mass is 9.87. The van der Waals surface area contributed by atoms with Crippen LogP contribution in [0.1, 0.15) is 43.1 Å². The largest absolute Gasteiger partial charge is 0.348 e. The average Bonchev–Trinajstić information content (AvgIpc) is 2.41. The molecule has 1 fully saturated rings. The van der Waals surface area contributed by atoms with E-state index in [2.05, 4.69) is 27.6 Å². The summed E-state index contributed by atoms with van der Waals surface area (Å²) in [5, 5.41) is 3.00. The quantitative estimate of drug-likeness (QED) is 0.550. The van der Waals surface area contributed by atoms with E-state index in [0.29, 0.717) is 11.5 Å². The molecule has 1 aromatic heterocycles. The van der Waals surface area contributed by atoms with E-state index in [4.69, 9.17) is 5.84 Å². The van der Waals surface area contributed by atoms with E-state index in [1.807, 2.05) is 0 Å². The number of amides is 1. The number of nitrogens with two attached hydrogens (primary N) is 1. The number of hydrogen-bond donors (Lipinski definition) is 3. The Balaban J connectivity index is 1.90. The Morgan fingerprint density at radius 3 is 2.56 bits per heavy atom. The molecule has 4 N–H and O–H groups in total. The van der Waals surface area contributed by atoms with Crippen LogP contribution in [0.2, 0.25) is 0 Å². The Morgan fingerprint density at radius 1 is 1.28 bits per heavy atom. The molecule has 18 heavy (non-hydrogen) atoms. The van der Waals surface area contributed by atoms with Crippen LogP contribution in [0, 0.1) is 5.92 Å². The van der Waals surface area contributed by atoms with Crippen LogP contribution < -0.4 is 16.6 Å². The lowest BCUT2D eigenvalue weighted by Gasteiger charge is -2.26. The van der Waals surface area contributed by atoms with Crippen LogP contribution in [0.4, 0.5) is 5.82 Å². The molecule has 0 unspecified atom stereocenters. The van der Waals surface area contributed by atoms with Crippen LogP contribution in [0.3, 0.4) is 0 Å². The number of carbonyl (C=O) groups excluding carboxylic acids is 1. The number of hydrazine groups is 1. The second-order valence-corrected chi connectivity index (χ2v) is 4.86. The summed E-state index contributed by atoms with van der Waals surface area (Å²) in [4.78, 5) is 19.9. The number of aromatic nitrogens is 2. The molecule has 98 valence electrons. The van der Waals surface area contributed by atoms with Gasteiger partial charge < -0.3 is 10.7 Å². The molecule has 0 atom stereocenters. The summed E-state index contributed by atoms with van der Waals surface area (Å²) in [6.07, 6.45) is 7.30. The standard InChI is InChI=1S/C12H19N5O/c1-8-2-4-9(5-3-8)16-12(18)10-6-15-11(17-13)7-14-10/h6-9H,2-5,13H2,1H3,(H,15,17)(H,16,18). The Labute approximate surface area is 106 Å². The van der Waals surface area contributed by atoms with Gasteiger partial charge in [-0.2, -0.15) is 0 Å².